The van der Waals surface area contributed by atoms with E-state index >= 15 is 0 Å². The molecule has 46 heavy (non-hydrogen) atoms. The van der Waals surface area contributed by atoms with Crippen LogP contribution >= 0.6 is 0 Å². The van der Waals surface area contributed by atoms with Crippen LogP contribution in [0.4, 0.5) is 5.69 Å². The van der Waals surface area contributed by atoms with E-state index in [1.165, 1.54) is 11.0 Å². The van der Waals surface area contributed by atoms with Crippen molar-refractivity contribution in [3.8, 4) is 11.8 Å². The number of carbonyl (C=O) groups excluding carboxylic acids is 2. The number of fused-ring (bicyclic) bond motifs is 10. The first kappa shape index (κ1) is 30.1. The summed E-state index contributed by atoms with van der Waals surface area (Å²) >= 11 is 0. The highest BCUT2D eigenvalue weighted by Gasteiger charge is 2.54. The lowest BCUT2D eigenvalue weighted by molar-refractivity contribution is -0.229. The van der Waals surface area contributed by atoms with Crippen LogP contribution in [0.2, 0.25) is 0 Å². The maximum Gasteiger partial charge on any atom is 0.222 e. The van der Waals surface area contributed by atoms with Crippen molar-refractivity contribution in [3.05, 3.63) is 40.8 Å². The molecule has 0 spiro atoms. The van der Waals surface area contributed by atoms with Crippen LogP contribution in [0.3, 0.4) is 0 Å². The average Bonchev–Trinajstić information content (AvgIpc) is 3.63. The number of aromatic amines is 1. The van der Waals surface area contributed by atoms with Crippen molar-refractivity contribution >= 4 is 50.3 Å². The molecular weight excluding hydrogens is 612 g/mol. The molecule has 6 atom stereocenters. The predicted octanol–water partition coefficient (Wildman–Crippen LogP) is -2.15. The lowest BCUT2D eigenvalue weighted by Gasteiger charge is -2.46. The number of benzene rings is 1. The Morgan fingerprint density at radius 2 is 1.61 bits per heavy atom. The van der Waals surface area contributed by atoms with Crippen LogP contribution in [0.5, 0.6) is 11.8 Å². The van der Waals surface area contributed by atoms with Crippen molar-refractivity contribution < 1.29 is 65.4 Å². The van der Waals surface area contributed by atoms with Crippen molar-refractivity contribution in [1.29, 1.82) is 0 Å². The number of aliphatic hydroxyl groups excluding tert-OH is 8. The Morgan fingerprint density at radius 3 is 2.28 bits per heavy atom. The molecule has 1 aromatic carbocycles. The van der Waals surface area contributed by atoms with Crippen molar-refractivity contribution in [2.24, 2.45) is 0 Å². The van der Waals surface area contributed by atoms with Crippen molar-refractivity contribution in [3.63, 3.8) is 0 Å². The summed E-state index contributed by atoms with van der Waals surface area (Å²) in [4.78, 5) is 30.6. The number of anilines is 1. The monoisotopic (exact) mass is 642 g/mol. The fourth-order valence-electron chi connectivity index (χ4n) is 6.95. The van der Waals surface area contributed by atoms with E-state index < -0.39 is 97.4 Å². The van der Waals surface area contributed by atoms with Crippen LogP contribution in [0.15, 0.2) is 24.0 Å². The minimum atomic E-state index is -1.88. The molecule has 1 saturated heterocycles. The number of rotatable bonds is 6. The van der Waals surface area contributed by atoms with E-state index in [1.54, 1.807) is 0 Å². The molecule has 4 heterocycles. The zero-order chi connectivity index (χ0) is 32.9. The van der Waals surface area contributed by atoms with Gasteiger partial charge in [0.2, 0.25) is 11.8 Å². The summed E-state index contributed by atoms with van der Waals surface area (Å²) in [6, 6.07) is -2.47. The molecule has 3 aromatic rings. The third-order valence-electron chi connectivity index (χ3n) is 8.98. The molecule has 0 saturated carbocycles. The lowest BCUT2D eigenvalue weighted by Crippen LogP contribution is -2.65. The summed E-state index contributed by atoms with van der Waals surface area (Å²) in [5, 5.41) is 106. The number of nitrogens with zero attached hydrogens (tertiary/aromatic N) is 2. The van der Waals surface area contributed by atoms with E-state index in [2.05, 4.69) is 10.4 Å². The van der Waals surface area contributed by atoms with Crippen LogP contribution in [-0.2, 0) is 20.7 Å². The maximum absolute atomic E-state index is 13.6. The predicted molar refractivity (Wildman–Crippen MR) is 157 cm³/mol. The highest BCUT2D eigenvalue weighted by atomic mass is 16.6. The number of hydrogen-bond acceptors (Lipinski definition) is 15. The van der Waals surface area contributed by atoms with E-state index in [4.69, 9.17) is 4.74 Å². The minimum Gasteiger partial charge on any atom is -0.508 e. The Bertz CT molecular complexity index is 1920. The van der Waals surface area contributed by atoms with Gasteiger partial charge >= 0.3 is 0 Å². The number of ketones is 2. The van der Waals surface area contributed by atoms with E-state index in [-0.39, 0.29) is 56.2 Å². The molecule has 6 unspecified atom stereocenters. The quantitative estimate of drug-likeness (QED) is 0.137. The normalized spacial score (nSPS) is 27.5. The number of hydrogen-bond donors (Lipinski definition) is 12. The topological polar surface area (TPSA) is 282 Å². The molecule has 17 nitrogen and oxygen atoms in total. The molecule has 2 aromatic heterocycles. The third kappa shape index (κ3) is 3.94. The summed E-state index contributed by atoms with van der Waals surface area (Å²) in [5.41, 5.74) is 3.06. The molecule has 2 aliphatic heterocycles. The Labute approximate surface area is 257 Å². The van der Waals surface area contributed by atoms with Crippen LogP contribution < -0.4 is 10.3 Å². The number of carbonyl (C=O) groups is 2. The van der Waals surface area contributed by atoms with Crippen molar-refractivity contribution in [1.82, 2.24) is 9.66 Å². The smallest absolute Gasteiger partial charge is 0.222 e. The fraction of sp³-hybridized carbons (Fsp3) is 0.379. The molecule has 12 N–H and O–H groups in total. The Hall–Kier alpha value is -4.62. The number of ether oxygens (including phenoxy) is 1. The minimum absolute atomic E-state index is 0.0162. The second-order valence-electron chi connectivity index (χ2n) is 11.6. The second-order valence-corrected chi connectivity index (χ2v) is 11.6. The van der Waals surface area contributed by atoms with Gasteiger partial charge in [-0.3, -0.25) is 9.59 Å². The van der Waals surface area contributed by atoms with Crippen LogP contribution in [0.1, 0.15) is 16.8 Å². The first-order chi connectivity index (χ1) is 21.9. The zero-order valence-corrected chi connectivity index (χ0v) is 23.7. The highest BCUT2D eigenvalue weighted by Crippen LogP contribution is 2.57. The van der Waals surface area contributed by atoms with Gasteiger partial charge in [0, 0.05) is 29.5 Å². The SMILES string of the molecule is O=C1C=C(O)c2[nH]c3c4c(c5c(O)n(NC(CO)CO)c(O)c5c3c2C1)C1=CC(O)=CC(=O)C1N4C1OC(CO)C(O)C(O)C1O. The number of aromatic hydroxyl groups is 2. The number of nitrogens with one attached hydrogen (secondary N) is 2. The van der Waals surface area contributed by atoms with Gasteiger partial charge in [-0.15, -0.1) is 0 Å². The van der Waals surface area contributed by atoms with Crippen LogP contribution in [0.25, 0.3) is 33.0 Å². The first-order valence-electron chi connectivity index (χ1n) is 14.3. The van der Waals surface area contributed by atoms with Gasteiger partial charge in [0.1, 0.15) is 42.0 Å². The van der Waals surface area contributed by atoms with E-state index in [1.807, 2.05) is 0 Å². The summed E-state index contributed by atoms with van der Waals surface area (Å²) in [7, 11) is 0. The molecule has 0 amide bonds. The summed E-state index contributed by atoms with van der Waals surface area (Å²) in [6.45, 7) is -2.01. The Balaban J connectivity index is 1.63. The molecular formula is C29H30N4O13. The lowest BCUT2D eigenvalue weighted by atomic mass is 9.89. The molecule has 0 bridgehead atoms. The summed E-state index contributed by atoms with van der Waals surface area (Å²) in [5.74, 6) is -3.44. The van der Waals surface area contributed by atoms with Crippen LogP contribution in [0, 0.1) is 0 Å². The summed E-state index contributed by atoms with van der Waals surface area (Å²) < 4.78 is 6.66. The molecule has 244 valence electrons. The van der Waals surface area contributed by atoms with Gasteiger partial charge in [-0.25, -0.2) is 0 Å². The molecule has 4 aliphatic rings. The maximum atomic E-state index is 13.6. The van der Waals surface area contributed by atoms with Crippen molar-refractivity contribution in [2.45, 2.75) is 49.1 Å². The van der Waals surface area contributed by atoms with Gasteiger partial charge in [-0.05, 0) is 17.2 Å². The standard InChI is InChI=1S/C29H30N4O13/c34-5-8(6-35)31-33-27(44)18-16-11-1-9(37)3-13(39)20(11)30-21(16)23-17(19(18)28(33)45)12-2-10(38)4-14(40)22(12)32(23)29-26(43)25(42)24(41)15(7-36)46-29/h2-4,8,15,22,24-26,29-31,34-36,38-39,41-45H,1,5-7H2. The zero-order valence-electron chi connectivity index (χ0n) is 23.7. The average molecular weight is 643 g/mol. The van der Waals surface area contributed by atoms with Crippen molar-refractivity contribution in [2.75, 3.05) is 30.1 Å². The van der Waals surface area contributed by atoms with Gasteiger partial charge < -0.3 is 71.1 Å². The van der Waals surface area contributed by atoms with E-state index in [0.29, 0.717) is 0 Å². The number of allylic oxidation sites excluding steroid dienone is 2. The molecule has 7 rings (SSSR count). The second kappa shape index (κ2) is 10.5. The largest absolute Gasteiger partial charge is 0.508 e. The van der Waals surface area contributed by atoms with E-state index in [9.17, 15) is 60.7 Å². The highest BCUT2D eigenvalue weighted by molar-refractivity contribution is 6.29. The molecule has 1 fully saturated rings. The fourth-order valence-corrected chi connectivity index (χ4v) is 6.95. The number of H-pyrrole nitrogens is 1. The number of aliphatic hydroxyl groups is 8. The van der Waals surface area contributed by atoms with Gasteiger partial charge in [-0.1, -0.05) is 0 Å². The van der Waals surface area contributed by atoms with Gasteiger partial charge in [0.15, 0.2) is 17.8 Å². The molecule has 0 radical (unpaired) electrons. The van der Waals surface area contributed by atoms with Gasteiger partial charge in [-0.2, -0.15) is 4.68 Å². The molecule has 2 aliphatic carbocycles. The molecule has 17 heteroatoms. The van der Waals surface area contributed by atoms with Gasteiger partial charge in [0.25, 0.3) is 0 Å². The Morgan fingerprint density at radius 1 is 0.913 bits per heavy atom. The van der Waals surface area contributed by atoms with Crippen LogP contribution in [-0.4, -0.2) is 135 Å². The Kier molecular flexibility index (Phi) is 6.83. The number of aromatic nitrogens is 2. The van der Waals surface area contributed by atoms with Gasteiger partial charge in [0.05, 0.1) is 53.5 Å². The van der Waals surface area contributed by atoms with E-state index in [0.717, 1.165) is 16.8 Å². The first-order valence-corrected chi connectivity index (χ1v) is 14.3. The summed E-state index contributed by atoms with van der Waals surface area (Å²) in [6.07, 6.45) is -5.65. The third-order valence-corrected chi connectivity index (χ3v) is 8.98.